The quantitative estimate of drug-likeness (QED) is 0.897. The molecule has 19 heavy (non-hydrogen) atoms. The molecule has 2 aliphatic rings. The van der Waals surface area contributed by atoms with E-state index in [2.05, 4.69) is 47.5 Å². The molecule has 1 aromatic carbocycles. The first kappa shape index (κ1) is 13.1. The van der Waals surface area contributed by atoms with E-state index in [1.807, 2.05) is 0 Å². The lowest BCUT2D eigenvalue weighted by molar-refractivity contribution is 0.215. The highest BCUT2D eigenvalue weighted by atomic mass is 15.2. The molecule has 1 N–H and O–H groups in total. The van der Waals surface area contributed by atoms with Gasteiger partial charge in [-0.05, 0) is 49.8 Å². The van der Waals surface area contributed by atoms with Gasteiger partial charge in [-0.3, -0.25) is 0 Å². The minimum absolute atomic E-state index is 0.711. The number of nitrogens with zero attached hydrogens (tertiary/aromatic N) is 1. The van der Waals surface area contributed by atoms with Crippen LogP contribution in [0.1, 0.15) is 37.7 Å². The summed E-state index contributed by atoms with van der Waals surface area (Å²) < 4.78 is 0. The van der Waals surface area contributed by atoms with E-state index in [4.69, 9.17) is 0 Å². The van der Waals surface area contributed by atoms with Crippen LogP contribution in [-0.2, 0) is 0 Å². The van der Waals surface area contributed by atoms with Crippen LogP contribution < -0.4 is 5.32 Å². The Morgan fingerprint density at radius 1 is 1.21 bits per heavy atom. The third-order valence-corrected chi connectivity index (χ3v) is 4.93. The molecule has 0 aromatic heterocycles. The number of likely N-dealkylation sites (tertiary alicyclic amines) is 1. The SMILES string of the molecule is CC1CCCNC1CN1CCC(c2ccccc2)C1. The highest BCUT2D eigenvalue weighted by Crippen LogP contribution is 2.28. The van der Waals surface area contributed by atoms with E-state index in [0.29, 0.717) is 6.04 Å². The molecule has 1 aromatic rings. The molecule has 2 fully saturated rings. The van der Waals surface area contributed by atoms with E-state index in [1.165, 1.54) is 51.0 Å². The molecule has 0 aliphatic carbocycles. The molecule has 2 saturated heterocycles. The molecule has 0 radical (unpaired) electrons. The van der Waals surface area contributed by atoms with Gasteiger partial charge in [-0.1, -0.05) is 37.3 Å². The minimum atomic E-state index is 0.711. The summed E-state index contributed by atoms with van der Waals surface area (Å²) in [5.41, 5.74) is 1.52. The van der Waals surface area contributed by atoms with Crippen molar-refractivity contribution in [3.05, 3.63) is 35.9 Å². The van der Waals surface area contributed by atoms with Crippen LogP contribution in [0, 0.1) is 5.92 Å². The Morgan fingerprint density at radius 3 is 2.84 bits per heavy atom. The molecular weight excluding hydrogens is 232 g/mol. The fraction of sp³-hybridized carbons (Fsp3) is 0.647. The van der Waals surface area contributed by atoms with Gasteiger partial charge in [0.2, 0.25) is 0 Å². The van der Waals surface area contributed by atoms with Gasteiger partial charge in [0.15, 0.2) is 0 Å². The number of piperidine rings is 1. The zero-order valence-electron chi connectivity index (χ0n) is 12.0. The molecule has 2 heterocycles. The molecule has 0 bridgehead atoms. The van der Waals surface area contributed by atoms with Crippen molar-refractivity contribution in [2.75, 3.05) is 26.2 Å². The molecule has 3 unspecified atom stereocenters. The van der Waals surface area contributed by atoms with Gasteiger partial charge in [-0.2, -0.15) is 0 Å². The van der Waals surface area contributed by atoms with Crippen molar-refractivity contribution in [2.45, 2.75) is 38.1 Å². The van der Waals surface area contributed by atoms with E-state index in [1.54, 1.807) is 0 Å². The lowest BCUT2D eigenvalue weighted by atomic mass is 9.92. The largest absolute Gasteiger partial charge is 0.312 e. The molecule has 0 amide bonds. The highest BCUT2D eigenvalue weighted by molar-refractivity contribution is 5.21. The van der Waals surface area contributed by atoms with E-state index < -0.39 is 0 Å². The van der Waals surface area contributed by atoms with Crippen LogP contribution in [0.3, 0.4) is 0 Å². The predicted octanol–water partition coefficient (Wildman–Crippen LogP) is 2.86. The standard InChI is InChI=1S/C17H26N2/c1-14-6-5-10-18-17(14)13-19-11-9-16(12-19)15-7-3-2-4-8-15/h2-4,7-8,14,16-18H,5-6,9-13H2,1H3. The molecule has 2 nitrogen and oxygen atoms in total. The van der Waals surface area contributed by atoms with Crippen LogP contribution in [0.5, 0.6) is 0 Å². The Labute approximate surface area is 117 Å². The second-order valence-electron chi connectivity index (χ2n) is 6.34. The maximum atomic E-state index is 3.71. The van der Waals surface area contributed by atoms with Crippen molar-refractivity contribution in [1.29, 1.82) is 0 Å². The van der Waals surface area contributed by atoms with Gasteiger partial charge in [0.25, 0.3) is 0 Å². The average molecular weight is 258 g/mol. The van der Waals surface area contributed by atoms with E-state index in [0.717, 1.165) is 11.8 Å². The number of benzene rings is 1. The van der Waals surface area contributed by atoms with E-state index in [-0.39, 0.29) is 0 Å². The van der Waals surface area contributed by atoms with Crippen LogP contribution in [0.15, 0.2) is 30.3 Å². The van der Waals surface area contributed by atoms with Gasteiger partial charge in [0.1, 0.15) is 0 Å². The molecule has 0 spiro atoms. The van der Waals surface area contributed by atoms with Crippen LogP contribution in [0.2, 0.25) is 0 Å². The average Bonchev–Trinajstić information content (AvgIpc) is 2.91. The highest BCUT2D eigenvalue weighted by Gasteiger charge is 2.28. The smallest absolute Gasteiger partial charge is 0.0220 e. The molecule has 2 aliphatic heterocycles. The zero-order chi connectivity index (χ0) is 13.1. The maximum Gasteiger partial charge on any atom is 0.0220 e. The van der Waals surface area contributed by atoms with Crippen molar-refractivity contribution in [3.63, 3.8) is 0 Å². The van der Waals surface area contributed by atoms with Crippen LogP contribution in [-0.4, -0.2) is 37.1 Å². The van der Waals surface area contributed by atoms with Gasteiger partial charge in [0.05, 0.1) is 0 Å². The molecule has 104 valence electrons. The summed E-state index contributed by atoms with van der Waals surface area (Å²) in [7, 11) is 0. The molecular formula is C17H26N2. The van der Waals surface area contributed by atoms with Crippen molar-refractivity contribution in [3.8, 4) is 0 Å². The summed E-state index contributed by atoms with van der Waals surface area (Å²) in [6, 6.07) is 11.7. The fourth-order valence-corrected chi connectivity index (χ4v) is 3.63. The van der Waals surface area contributed by atoms with Crippen molar-refractivity contribution < 1.29 is 0 Å². The Kier molecular flexibility index (Phi) is 4.19. The van der Waals surface area contributed by atoms with Gasteiger partial charge in [0, 0.05) is 19.1 Å². The Hall–Kier alpha value is -0.860. The predicted molar refractivity (Wildman–Crippen MR) is 80.4 cm³/mol. The lowest BCUT2D eigenvalue weighted by Gasteiger charge is -2.33. The van der Waals surface area contributed by atoms with Crippen LogP contribution in [0.25, 0.3) is 0 Å². The monoisotopic (exact) mass is 258 g/mol. The summed E-state index contributed by atoms with van der Waals surface area (Å²) in [4.78, 5) is 2.66. The topological polar surface area (TPSA) is 15.3 Å². The first-order chi connectivity index (χ1) is 9.33. The Balaban J connectivity index is 1.54. The van der Waals surface area contributed by atoms with Crippen molar-refractivity contribution in [2.24, 2.45) is 5.92 Å². The van der Waals surface area contributed by atoms with Gasteiger partial charge in [-0.15, -0.1) is 0 Å². The number of hydrogen-bond donors (Lipinski definition) is 1. The first-order valence-electron chi connectivity index (χ1n) is 7.83. The third-order valence-electron chi connectivity index (χ3n) is 4.93. The van der Waals surface area contributed by atoms with Crippen molar-refractivity contribution in [1.82, 2.24) is 10.2 Å². The second-order valence-corrected chi connectivity index (χ2v) is 6.34. The lowest BCUT2D eigenvalue weighted by Crippen LogP contribution is -2.47. The Morgan fingerprint density at radius 2 is 2.05 bits per heavy atom. The number of rotatable bonds is 3. The molecule has 0 saturated carbocycles. The van der Waals surface area contributed by atoms with Crippen molar-refractivity contribution >= 4 is 0 Å². The summed E-state index contributed by atoms with van der Waals surface area (Å²) in [5.74, 6) is 1.59. The summed E-state index contributed by atoms with van der Waals surface area (Å²) in [5, 5.41) is 3.71. The van der Waals surface area contributed by atoms with E-state index >= 15 is 0 Å². The summed E-state index contributed by atoms with van der Waals surface area (Å²) >= 11 is 0. The van der Waals surface area contributed by atoms with Gasteiger partial charge >= 0.3 is 0 Å². The molecule has 3 atom stereocenters. The maximum absolute atomic E-state index is 3.71. The second kappa shape index (κ2) is 6.06. The van der Waals surface area contributed by atoms with Crippen LogP contribution in [0.4, 0.5) is 0 Å². The fourth-order valence-electron chi connectivity index (χ4n) is 3.63. The summed E-state index contributed by atoms with van der Waals surface area (Å²) in [6.45, 7) is 7.37. The molecule has 2 heteroatoms. The third kappa shape index (κ3) is 3.18. The van der Waals surface area contributed by atoms with Gasteiger partial charge < -0.3 is 10.2 Å². The summed E-state index contributed by atoms with van der Waals surface area (Å²) in [6.07, 6.45) is 4.07. The Bertz CT molecular complexity index is 390. The number of nitrogens with one attached hydrogen (secondary N) is 1. The zero-order valence-corrected chi connectivity index (χ0v) is 12.0. The van der Waals surface area contributed by atoms with E-state index in [9.17, 15) is 0 Å². The first-order valence-corrected chi connectivity index (χ1v) is 7.83. The minimum Gasteiger partial charge on any atom is -0.312 e. The van der Waals surface area contributed by atoms with Gasteiger partial charge in [-0.25, -0.2) is 0 Å². The number of hydrogen-bond acceptors (Lipinski definition) is 2. The molecule has 3 rings (SSSR count). The normalized spacial score (nSPS) is 32.6. The van der Waals surface area contributed by atoms with Crippen LogP contribution >= 0.6 is 0 Å².